The Morgan fingerprint density at radius 1 is 1.18 bits per heavy atom. The zero-order valence-corrected chi connectivity index (χ0v) is 13.9. The average molecular weight is 345 g/mol. The van der Waals surface area contributed by atoms with E-state index < -0.39 is 10.0 Å². The van der Waals surface area contributed by atoms with Crippen molar-refractivity contribution in [1.29, 1.82) is 0 Å². The maximum Gasteiger partial charge on any atom is 0.224 e. The Labute approximate surface area is 136 Å². The zero-order chi connectivity index (χ0) is 16.0. The van der Waals surface area contributed by atoms with Gasteiger partial charge in [0.05, 0.1) is 12.2 Å². The summed E-state index contributed by atoms with van der Waals surface area (Å²) >= 11 is 5.78. The lowest BCUT2D eigenvalue weighted by Gasteiger charge is -2.12. The van der Waals surface area contributed by atoms with E-state index in [2.05, 4.69) is 10.0 Å². The van der Waals surface area contributed by atoms with Gasteiger partial charge in [-0.05, 0) is 30.5 Å². The number of benzene rings is 1. The molecule has 0 atom stereocenters. The molecule has 2 rings (SSSR count). The number of amides is 1. The Morgan fingerprint density at radius 2 is 1.82 bits per heavy atom. The van der Waals surface area contributed by atoms with Crippen molar-refractivity contribution < 1.29 is 13.2 Å². The van der Waals surface area contributed by atoms with E-state index in [0.29, 0.717) is 5.02 Å². The molecule has 1 fully saturated rings. The second-order valence-electron chi connectivity index (χ2n) is 5.57. The molecule has 0 saturated heterocycles. The van der Waals surface area contributed by atoms with E-state index >= 15 is 0 Å². The SMILES string of the molecule is O=C(Cc1ccc(Cl)cc1)NCCS(=O)(=O)NC1CCCC1. The first-order valence-electron chi connectivity index (χ1n) is 7.46. The van der Waals surface area contributed by atoms with Crippen LogP contribution in [0.5, 0.6) is 0 Å². The maximum atomic E-state index is 11.9. The maximum absolute atomic E-state index is 11.9. The fourth-order valence-electron chi connectivity index (χ4n) is 2.53. The van der Waals surface area contributed by atoms with Crippen LogP contribution >= 0.6 is 11.6 Å². The van der Waals surface area contributed by atoms with Crippen LogP contribution in [0.3, 0.4) is 0 Å². The van der Waals surface area contributed by atoms with Gasteiger partial charge in [-0.15, -0.1) is 0 Å². The van der Waals surface area contributed by atoms with Crippen LogP contribution in [0, 0.1) is 0 Å². The first-order chi connectivity index (χ1) is 10.4. The van der Waals surface area contributed by atoms with Gasteiger partial charge >= 0.3 is 0 Å². The molecule has 122 valence electrons. The fourth-order valence-corrected chi connectivity index (χ4v) is 3.89. The van der Waals surface area contributed by atoms with Gasteiger partial charge in [-0.3, -0.25) is 4.79 Å². The normalized spacial score (nSPS) is 15.9. The van der Waals surface area contributed by atoms with Gasteiger partial charge in [0.1, 0.15) is 0 Å². The number of sulfonamides is 1. The monoisotopic (exact) mass is 344 g/mol. The predicted octanol–water partition coefficient (Wildman–Crippen LogP) is 1.86. The number of carbonyl (C=O) groups is 1. The number of rotatable bonds is 7. The summed E-state index contributed by atoms with van der Waals surface area (Å²) in [5, 5.41) is 3.25. The van der Waals surface area contributed by atoms with Gasteiger partial charge < -0.3 is 5.32 Å². The molecule has 1 saturated carbocycles. The van der Waals surface area contributed by atoms with E-state index in [0.717, 1.165) is 31.2 Å². The third kappa shape index (κ3) is 5.94. The van der Waals surface area contributed by atoms with Crippen molar-refractivity contribution >= 4 is 27.5 Å². The van der Waals surface area contributed by atoms with E-state index in [-0.39, 0.29) is 30.7 Å². The average Bonchev–Trinajstić information content (AvgIpc) is 2.93. The number of hydrogen-bond acceptors (Lipinski definition) is 3. The summed E-state index contributed by atoms with van der Waals surface area (Å²) in [5.41, 5.74) is 0.842. The van der Waals surface area contributed by atoms with E-state index in [9.17, 15) is 13.2 Å². The standard InChI is InChI=1S/C15H21ClN2O3S/c16-13-7-5-12(6-8-13)11-15(19)17-9-10-22(20,21)18-14-3-1-2-4-14/h5-8,14,18H,1-4,9-11H2,(H,17,19). The molecule has 1 aromatic carbocycles. The molecule has 1 amide bonds. The van der Waals surface area contributed by atoms with Crippen molar-refractivity contribution in [1.82, 2.24) is 10.0 Å². The lowest BCUT2D eigenvalue weighted by Crippen LogP contribution is -2.38. The minimum absolute atomic E-state index is 0.0646. The molecule has 0 aromatic heterocycles. The van der Waals surface area contributed by atoms with Crippen molar-refractivity contribution in [3.8, 4) is 0 Å². The molecule has 1 aliphatic rings. The van der Waals surface area contributed by atoms with Gasteiger partial charge in [0.2, 0.25) is 15.9 Å². The first kappa shape index (κ1) is 17.2. The number of nitrogens with one attached hydrogen (secondary N) is 2. The summed E-state index contributed by atoms with van der Waals surface area (Å²) in [7, 11) is -3.32. The summed E-state index contributed by atoms with van der Waals surface area (Å²) in [6, 6.07) is 7.07. The third-order valence-electron chi connectivity index (χ3n) is 3.67. The van der Waals surface area contributed by atoms with Crippen LogP contribution in [-0.2, 0) is 21.2 Å². The van der Waals surface area contributed by atoms with Crippen LogP contribution in [0.4, 0.5) is 0 Å². The van der Waals surface area contributed by atoms with Crippen LogP contribution < -0.4 is 10.0 Å². The van der Waals surface area contributed by atoms with Gasteiger partial charge in [0.15, 0.2) is 0 Å². The molecular formula is C15H21ClN2O3S. The van der Waals surface area contributed by atoms with Gasteiger partial charge in [0, 0.05) is 17.6 Å². The molecule has 0 spiro atoms. The number of halogens is 1. The van der Waals surface area contributed by atoms with Crippen LogP contribution in [0.25, 0.3) is 0 Å². The molecule has 7 heteroatoms. The Morgan fingerprint density at radius 3 is 2.45 bits per heavy atom. The van der Waals surface area contributed by atoms with Gasteiger partial charge in [0.25, 0.3) is 0 Å². The first-order valence-corrected chi connectivity index (χ1v) is 9.49. The lowest BCUT2D eigenvalue weighted by molar-refractivity contribution is -0.120. The molecule has 0 bridgehead atoms. The summed E-state index contributed by atoms with van der Waals surface area (Å²) in [6.07, 6.45) is 4.17. The van der Waals surface area contributed by atoms with Crippen LogP contribution in [-0.4, -0.2) is 32.7 Å². The number of carbonyl (C=O) groups excluding carboxylic acids is 1. The Hall–Kier alpha value is -1.11. The van der Waals surface area contributed by atoms with Gasteiger partial charge in [-0.1, -0.05) is 36.6 Å². The van der Waals surface area contributed by atoms with Crippen molar-refractivity contribution in [3.05, 3.63) is 34.9 Å². The zero-order valence-electron chi connectivity index (χ0n) is 12.3. The summed E-state index contributed by atoms with van der Waals surface area (Å²) in [5.74, 6) is -0.283. The van der Waals surface area contributed by atoms with Crippen LogP contribution in [0.15, 0.2) is 24.3 Å². The van der Waals surface area contributed by atoms with E-state index in [1.165, 1.54) is 0 Å². The molecule has 5 nitrogen and oxygen atoms in total. The molecule has 0 heterocycles. The highest BCUT2D eigenvalue weighted by molar-refractivity contribution is 7.89. The molecule has 0 radical (unpaired) electrons. The molecule has 2 N–H and O–H groups in total. The van der Waals surface area contributed by atoms with Crippen molar-refractivity contribution in [2.24, 2.45) is 0 Å². The Balaban J connectivity index is 1.70. The Kier molecular flexibility index (Phi) is 6.23. The molecule has 1 aliphatic carbocycles. The predicted molar refractivity (Wildman–Crippen MR) is 87.3 cm³/mol. The quantitative estimate of drug-likeness (QED) is 0.792. The largest absolute Gasteiger partial charge is 0.355 e. The van der Waals surface area contributed by atoms with E-state index in [1.54, 1.807) is 24.3 Å². The Bertz CT molecular complexity index is 596. The molecule has 0 aliphatic heterocycles. The second-order valence-corrected chi connectivity index (χ2v) is 7.88. The lowest BCUT2D eigenvalue weighted by atomic mass is 10.1. The number of hydrogen-bond donors (Lipinski definition) is 2. The minimum Gasteiger partial charge on any atom is -0.355 e. The van der Waals surface area contributed by atoms with Crippen molar-refractivity contribution in [2.75, 3.05) is 12.3 Å². The highest BCUT2D eigenvalue weighted by Gasteiger charge is 2.21. The highest BCUT2D eigenvalue weighted by atomic mass is 35.5. The van der Waals surface area contributed by atoms with Crippen LogP contribution in [0.1, 0.15) is 31.2 Å². The van der Waals surface area contributed by atoms with Crippen molar-refractivity contribution in [2.45, 2.75) is 38.1 Å². The van der Waals surface area contributed by atoms with E-state index in [4.69, 9.17) is 11.6 Å². The molecule has 1 aromatic rings. The van der Waals surface area contributed by atoms with Crippen molar-refractivity contribution in [3.63, 3.8) is 0 Å². The summed E-state index contributed by atoms with van der Waals surface area (Å²) < 4.78 is 26.5. The van der Waals surface area contributed by atoms with E-state index in [1.807, 2.05) is 0 Å². The summed E-state index contributed by atoms with van der Waals surface area (Å²) in [6.45, 7) is 0.120. The minimum atomic E-state index is -3.32. The topological polar surface area (TPSA) is 75.3 Å². The smallest absolute Gasteiger partial charge is 0.224 e. The third-order valence-corrected chi connectivity index (χ3v) is 5.36. The highest BCUT2D eigenvalue weighted by Crippen LogP contribution is 2.18. The summed E-state index contributed by atoms with van der Waals surface area (Å²) in [4.78, 5) is 11.8. The second kappa shape index (κ2) is 7.94. The fraction of sp³-hybridized carbons (Fsp3) is 0.533. The molecule has 22 heavy (non-hydrogen) atoms. The molecular weight excluding hydrogens is 324 g/mol. The van der Waals surface area contributed by atoms with Crippen LogP contribution in [0.2, 0.25) is 5.02 Å². The molecule has 0 unspecified atom stereocenters. The van der Waals surface area contributed by atoms with Gasteiger partial charge in [-0.2, -0.15) is 0 Å². The van der Waals surface area contributed by atoms with Gasteiger partial charge in [-0.25, -0.2) is 13.1 Å².